The standard InChI is InChI=1S/C14H17N3O2/c1-9-13(2,18)7-8-14(3,19)10-5-4-6-11-12(10)17(9)16-15-11/h4-6,18-19H,1,7-8H2,2-3H3. The number of aromatic nitrogens is 3. The molecule has 2 aromatic rings. The Balaban J connectivity index is 2.39. The number of aliphatic hydroxyl groups is 2. The topological polar surface area (TPSA) is 71.2 Å². The molecule has 1 aromatic carbocycles. The maximum Gasteiger partial charge on any atom is 0.114 e. The van der Waals surface area contributed by atoms with E-state index >= 15 is 0 Å². The molecule has 19 heavy (non-hydrogen) atoms. The second kappa shape index (κ2) is 3.65. The lowest BCUT2D eigenvalue weighted by atomic mass is 9.83. The zero-order valence-electron chi connectivity index (χ0n) is 11.1. The van der Waals surface area contributed by atoms with Crippen LogP contribution in [0, 0.1) is 0 Å². The van der Waals surface area contributed by atoms with Gasteiger partial charge in [0.25, 0.3) is 0 Å². The van der Waals surface area contributed by atoms with Gasteiger partial charge in [0.1, 0.15) is 16.6 Å². The highest BCUT2D eigenvalue weighted by molar-refractivity contribution is 5.83. The zero-order chi connectivity index (χ0) is 13.8. The average Bonchev–Trinajstić information content (AvgIpc) is 2.78. The van der Waals surface area contributed by atoms with Crippen LogP contribution in [0.3, 0.4) is 0 Å². The van der Waals surface area contributed by atoms with E-state index < -0.39 is 11.2 Å². The highest BCUT2D eigenvalue weighted by Gasteiger charge is 2.37. The third-order valence-corrected chi connectivity index (χ3v) is 4.02. The quantitative estimate of drug-likeness (QED) is 0.754. The second-order valence-electron chi connectivity index (χ2n) is 5.67. The number of para-hydroxylation sites is 1. The van der Waals surface area contributed by atoms with E-state index in [1.165, 1.54) is 4.68 Å². The normalized spacial score (nSPS) is 31.3. The molecule has 0 saturated carbocycles. The molecule has 1 aliphatic heterocycles. The molecule has 1 aliphatic rings. The molecule has 0 saturated heterocycles. The third-order valence-electron chi connectivity index (χ3n) is 4.02. The van der Waals surface area contributed by atoms with E-state index in [1.807, 2.05) is 18.2 Å². The first-order valence-electron chi connectivity index (χ1n) is 6.32. The highest BCUT2D eigenvalue weighted by Crippen LogP contribution is 2.39. The molecule has 0 spiro atoms. The second-order valence-corrected chi connectivity index (χ2v) is 5.67. The molecule has 0 amide bonds. The monoisotopic (exact) mass is 259 g/mol. The number of hydrogen-bond acceptors (Lipinski definition) is 4. The van der Waals surface area contributed by atoms with Gasteiger partial charge in [-0.15, -0.1) is 5.10 Å². The molecule has 0 fully saturated rings. The van der Waals surface area contributed by atoms with Crippen LogP contribution in [0.1, 0.15) is 32.3 Å². The molecular formula is C14H17N3O2. The minimum absolute atomic E-state index is 0.411. The number of nitrogens with zero attached hydrogens (tertiary/aromatic N) is 3. The minimum Gasteiger partial charge on any atom is -0.385 e. The van der Waals surface area contributed by atoms with Crippen molar-refractivity contribution in [2.24, 2.45) is 0 Å². The Labute approximate surface area is 111 Å². The molecule has 0 aliphatic carbocycles. The molecule has 2 heterocycles. The number of rotatable bonds is 0. The van der Waals surface area contributed by atoms with Crippen LogP contribution < -0.4 is 0 Å². The van der Waals surface area contributed by atoms with E-state index in [9.17, 15) is 10.2 Å². The largest absolute Gasteiger partial charge is 0.385 e. The van der Waals surface area contributed by atoms with E-state index in [2.05, 4.69) is 16.9 Å². The SMILES string of the molecule is C=C1n2nnc3cccc(c32)C(C)(O)CCC1(C)O. The molecule has 5 nitrogen and oxygen atoms in total. The fourth-order valence-corrected chi connectivity index (χ4v) is 2.59. The molecule has 1 aromatic heterocycles. The van der Waals surface area contributed by atoms with Gasteiger partial charge in [0.15, 0.2) is 0 Å². The lowest BCUT2D eigenvalue weighted by Gasteiger charge is -2.34. The molecule has 5 heteroatoms. The van der Waals surface area contributed by atoms with Crippen molar-refractivity contribution in [2.75, 3.05) is 0 Å². The summed E-state index contributed by atoms with van der Waals surface area (Å²) < 4.78 is 1.54. The van der Waals surface area contributed by atoms with Crippen molar-refractivity contribution in [3.8, 4) is 0 Å². The number of hydrogen-bond donors (Lipinski definition) is 2. The van der Waals surface area contributed by atoms with Crippen LogP contribution in [0.4, 0.5) is 0 Å². The predicted octanol–water partition coefficient (Wildman–Crippen LogP) is 1.65. The lowest BCUT2D eigenvalue weighted by Crippen LogP contribution is -2.35. The fraction of sp³-hybridized carbons (Fsp3) is 0.429. The van der Waals surface area contributed by atoms with Crippen molar-refractivity contribution in [1.82, 2.24) is 15.0 Å². The van der Waals surface area contributed by atoms with Crippen LogP contribution in [0.2, 0.25) is 0 Å². The van der Waals surface area contributed by atoms with Gasteiger partial charge in [-0.05, 0) is 32.8 Å². The van der Waals surface area contributed by atoms with Crippen molar-refractivity contribution >= 4 is 16.7 Å². The Kier molecular flexibility index (Phi) is 2.37. The van der Waals surface area contributed by atoms with Gasteiger partial charge in [-0.1, -0.05) is 23.9 Å². The van der Waals surface area contributed by atoms with Crippen LogP contribution in [0.25, 0.3) is 16.7 Å². The fourth-order valence-electron chi connectivity index (χ4n) is 2.59. The van der Waals surface area contributed by atoms with Gasteiger partial charge < -0.3 is 10.2 Å². The van der Waals surface area contributed by atoms with Crippen LogP contribution in [-0.4, -0.2) is 30.8 Å². The van der Waals surface area contributed by atoms with E-state index in [-0.39, 0.29) is 0 Å². The van der Waals surface area contributed by atoms with Crippen molar-refractivity contribution in [1.29, 1.82) is 0 Å². The van der Waals surface area contributed by atoms with Crippen LogP contribution in [0.5, 0.6) is 0 Å². The van der Waals surface area contributed by atoms with Crippen LogP contribution >= 0.6 is 0 Å². The van der Waals surface area contributed by atoms with Crippen LogP contribution in [0.15, 0.2) is 24.8 Å². The Hall–Kier alpha value is -1.72. The van der Waals surface area contributed by atoms with Gasteiger partial charge in [-0.25, -0.2) is 4.68 Å². The molecule has 100 valence electrons. The van der Waals surface area contributed by atoms with Gasteiger partial charge in [0.05, 0.1) is 11.3 Å². The summed E-state index contributed by atoms with van der Waals surface area (Å²) >= 11 is 0. The lowest BCUT2D eigenvalue weighted by molar-refractivity contribution is 0.0143. The van der Waals surface area contributed by atoms with Gasteiger partial charge >= 0.3 is 0 Å². The predicted molar refractivity (Wildman–Crippen MR) is 72.3 cm³/mol. The summed E-state index contributed by atoms with van der Waals surface area (Å²) in [6.07, 6.45) is 0.859. The summed E-state index contributed by atoms with van der Waals surface area (Å²) in [6, 6.07) is 5.56. The van der Waals surface area contributed by atoms with E-state index in [1.54, 1.807) is 13.8 Å². The summed E-state index contributed by atoms with van der Waals surface area (Å²) in [5.74, 6) is 0. The molecule has 0 bridgehead atoms. The first kappa shape index (κ1) is 12.3. The average molecular weight is 259 g/mol. The van der Waals surface area contributed by atoms with E-state index in [0.717, 1.165) is 11.1 Å². The zero-order valence-corrected chi connectivity index (χ0v) is 11.1. The minimum atomic E-state index is -1.11. The molecule has 2 unspecified atom stereocenters. The van der Waals surface area contributed by atoms with Gasteiger partial charge in [-0.3, -0.25) is 0 Å². The maximum absolute atomic E-state index is 10.7. The van der Waals surface area contributed by atoms with Crippen molar-refractivity contribution in [3.63, 3.8) is 0 Å². The van der Waals surface area contributed by atoms with Crippen molar-refractivity contribution in [2.45, 2.75) is 37.9 Å². The first-order chi connectivity index (χ1) is 8.83. The van der Waals surface area contributed by atoms with Crippen LogP contribution in [-0.2, 0) is 5.60 Å². The Morgan fingerprint density at radius 1 is 1.21 bits per heavy atom. The summed E-state index contributed by atoms with van der Waals surface area (Å²) in [7, 11) is 0. The molecule has 0 radical (unpaired) electrons. The highest BCUT2D eigenvalue weighted by atomic mass is 16.3. The van der Waals surface area contributed by atoms with Gasteiger partial charge in [-0.2, -0.15) is 0 Å². The first-order valence-corrected chi connectivity index (χ1v) is 6.32. The molecule has 3 rings (SSSR count). The Morgan fingerprint density at radius 3 is 2.63 bits per heavy atom. The van der Waals surface area contributed by atoms with E-state index in [0.29, 0.717) is 24.1 Å². The van der Waals surface area contributed by atoms with E-state index in [4.69, 9.17) is 0 Å². The summed E-state index contributed by atoms with van der Waals surface area (Å²) in [6.45, 7) is 7.38. The van der Waals surface area contributed by atoms with Crippen molar-refractivity contribution in [3.05, 3.63) is 30.3 Å². The Bertz CT molecular complexity index is 670. The Morgan fingerprint density at radius 2 is 1.89 bits per heavy atom. The molecule has 2 N–H and O–H groups in total. The summed E-state index contributed by atoms with van der Waals surface area (Å²) in [5.41, 5.74) is 0.528. The molecule has 2 atom stereocenters. The molecular weight excluding hydrogens is 242 g/mol. The summed E-state index contributed by atoms with van der Waals surface area (Å²) in [4.78, 5) is 0. The summed E-state index contributed by atoms with van der Waals surface area (Å²) in [5, 5.41) is 29.3. The maximum atomic E-state index is 10.7. The van der Waals surface area contributed by atoms with Crippen molar-refractivity contribution < 1.29 is 10.2 Å². The van der Waals surface area contributed by atoms with Gasteiger partial charge in [0, 0.05) is 5.56 Å². The smallest absolute Gasteiger partial charge is 0.114 e. The third kappa shape index (κ3) is 1.69. The van der Waals surface area contributed by atoms with Gasteiger partial charge in [0.2, 0.25) is 0 Å². The number of benzene rings is 1.